The molecular weight excluding hydrogens is 428 g/mol. The maximum absolute atomic E-state index is 13.2. The first-order chi connectivity index (χ1) is 16.1. The lowest BCUT2D eigenvalue weighted by molar-refractivity contribution is -0.119. The number of benzene rings is 2. The van der Waals surface area contributed by atoms with Gasteiger partial charge < -0.3 is 15.2 Å². The second-order valence-corrected chi connectivity index (χ2v) is 10.2. The molecule has 1 fully saturated rings. The van der Waals surface area contributed by atoms with Gasteiger partial charge in [-0.25, -0.2) is 4.79 Å². The first-order valence-corrected chi connectivity index (χ1v) is 12.2. The number of hydrogen-bond donors (Lipinski definition) is 2. The fourth-order valence-corrected chi connectivity index (χ4v) is 4.34. The Kier molecular flexibility index (Phi) is 8.37. The molecule has 0 aliphatic carbocycles. The van der Waals surface area contributed by atoms with Gasteiger partial charge in [-0.05, 0) is 69.7 Å². The predicted octanol–water partition coefficient (Wildman–Crippen LogP) is 5.72. The van der Waals surface area contributed by atoms with E-state index in [-0.39, 0.29) is 23.9 Å². The number of likely N-dealkylation sites (tertiary alicyclic amines) is 1. The number of ether oxygens (including phenoxy) is 1. The standard InChI is InChI=1S/C28H38N2O4/c1-6-19(2)26(32)29-22-14-12-20(13-15-22)18-23-16-17-24(25(31)21-10-8-7-9-11-21)30(23)27(33)34-28(3,4)5/h7-15,19,23-25,31H,6,16-18H2,1-5H3,(H,29,32)/t19-,23-,24+,25+/m0/s1. The van der Waals surface area contributed by atoms with Gasteiger partial charge in [0.2, 0.25) is 5.91 Å². The topological polar surface area (TPSA) is 78.9 Å². The summed E-state index contributed by atoms with van der Waals surface area (Å²) in [6.45, 7) is 9.46. The van der Waals surface area contributed by atoms with E-state index in [0.717, 1.165) is 29.7 Å². The Morgan fingerprint density at radius 2 is 1.74 bits per heavy atom. The molecule has 2 aromatic carbocycles. The summed E-state index contributed by atoms with van der Waals surface area (Å²) in [5.74, 6) is -0.0200. The fourth-order valence-electron chi connectivity index (χ4n) is 4.34. The highest BCUT2D eigenvalue weighted by Crippen LogP contribution is 2.36. The summed E-state index contributed by atoms with van der Waals surface area (Å²) in [5.41, 5.74) is 2.00. The molecule has 2 aromatic rings. The third-order valence-corrected chi connectivity index (χ3v) is 6.41. The van der Waals surface area contributed by atoms with E-state index in [0.29, 0.717) is 12.8 Å². The average molecular weight is 467 g/mol. The number of nitrogens with zero attached hydrogens (tertiary/aromatic N) is 1. The van der Waals surface area contributed by atoms with Crippen molar-refractivity contribution in [3.05, 3.63) is 65.7 Å². The molecule has 6 heteroatoms. The number of aliphatic hydroxyl groups is 1. The van der Waals surface area contributed by atoms with Crippen molar-refractivity contribution in [3.63, 3.8) is 0 Å². The van der Waals surface area contributed by atoms with Gasteiger partial charge in [-0.15, -0.1) is 0 Å². The maximum Gasteiger partial charge on any atom is 0.410 e. The van der Waals surface area contributed by atoms with Gasteiger partial charge in [-0.3, -0.25) is 9.69 Å². The molecule has 1 heterocycles. The molecule has 1 saturated heterocycles. The van der Waals surface area contributed by atoms with Crippen molar-refractivity contribution in [1.29, 1.82) is 0 Å². The van der Waals surface area contributed by atoms with E-state index < -0.39 is 17.8 Å². The Balaban J connectivity index is 1.76. The van der Waals surface area contributed by atoms with E-state index in [9.17, 15) is 14.7 Å². The Morgan fingerprint density at radius 3 is 2.32 bits per heavy atom. The van der Waals surface area contributed by atoms with Gasteiger partial charge in [-0.2, -0.15) is 0 Å². The van der Waals surface area contributed by atoms with Crippen molar-refractivity contribution in [2.75, 3.05) is 5.32 Å². The van der Waals surface area contributed by atoms with E-state index in [4.69, 9.17) is 4.74 Å². The minimum atomic E-state index is -0.781. The SMILES string of the molecule is CC[C@H](C)C(=O)Nc1ccc(C[C@@H]2CC[C@H]([C@H](O)c3ccccc3)N2C(=O)OC(C)(C)C)cc1. The average Bonchev–Trinajstić information content (AvgIpc) is 3.22. The van der Waals surface area contributed by atoms with E-state index in [1.54, 1.807) is 4.90 Å². The third-order valence-electron chi connectivity index (χ3n) is 6.41. The minimum absolute atomic E-state index is 0.0138. The maximum atomic E-state index is 13.2. The van der Waals surface area contributed by atoms with Crippen molar-refractivity contribution in [2.24, 2.45) is 5.92 Å². The van der Waals surface area contributed by atoms with E-state index in [1.807, 2.05) is 89.2 Å². The Hall–Kier alpha value is -2.86. The summed E-state index contributed by atoms with van der Waals surface area (Å²) < 4.78 is 5.73. The molecule has 0 radical (unpaired) electrons. The van der Waals surface area contributed by atoms with Gasteiger partial charge in [-0.1, -0.05) is 56.3 Å². The van der Waals surface area contributed by atoms with Crippen LogP contribution in [-0.4, -0.2) is 39.7 Å². The highest BCUT2D eigenvalue weighted by Gasteiger charge is 2.42. The summed E-state index contributed by atoms with van der Waals surface area (Å²) in [4.78, 5) is 27.1. The molecule has 184 valence electrons. The zero-order valence-corrected chi connectivity index (χ0v) is 21.0. The van der Waals surface area contributed by atoms with Gasteiger partial charge in [0, 0.05) is 17.6 Å². The van der Waals surface area contributed by atoms with Crippen LogP contribution in [0.3, 0.4) is 0 Å². The van der Waals surface area contributed by atoms with Crippen LogP contribution in [0.25, 0.3) is 0 Å². The largest absolute Gasteiger partial charge is 0.444 e. The first kappa shape index (κ1) is 25.8. The van der Waals surface area contributed by atoms with E-state index >= 15 is 0 Å². The Morgan fingerprint density at radius 1 is 1.09 bits per heavy atom. The van der Waals surface area contributed by atoms with Crippen molar-refractivity contribution >= 4 is 17.7 Å². The molecule has 1 aliphatic rings. The summed E-state index contributed by atoms with van der Waals surface area (Å²) >= 11 is 0. The number of carbonyl (C=O) groups excluding carboxylic acids is 2. The van der Waals surface area contributed by atoms with Crippen molar-refractivity contribution in [1.82, 2.24) is 4.90 Å². The predicted molar refractivity (Wildman–Crippen MR) is 135 cm³/mol. The zero-order chi connectivity index (χ0) is 24.9. The molecule has 3 rings (SSSR count). The van der Waals surface area contributed by atoms with Crippen LogP contribution in [0, 0.1) is 5.92 Å². The lowest BCUT2D eigenvalue weighted by atomic mass is 10.0. The number of nitrogens with one attached hydrogen (secondary N) is 1. The normalized spacial score (nSPS) is 20.0. The molecular formula is C28H38N2O4. The van der Waals surface area contributed by atoms with Crippen LogP contribution < -0.4 is 5.32 Å². The van der Waals surface area contributed by atoms with Crippen molar-refractivity contribution in [3.8, 4) is 0 Å². The smallest absolute Gasteiger partial charge is 0.410 e. The van der Waals surface area contributed by atoms with Crippen LogP contribution in [0.1, 0.15) is 71.1 Å². The van der Waals surface area contributed by atoms with E-state index in [1.165, 1.54) is 0 Å². The van der Waals surface area contributed by atoms with Crippen LogP contribution in [0.5, 0.6) is 0 Å². The highest BCUT2D eigenvalue weighted by molar-refractivity contribution is 5.92. The van der Waals surface area contributed by atoms with Crippen molar-refractivity contribution < 1.29 is 19.4 Å². The van der Waals surface area contributed by atoms with E-state index in [2.05, 4.69) is 5.32 Å². The minimum Gasteiger partial charge on any atom is -0.444 e. The molecule has 1 aliphatic heterocycles. The van der Waals surface area contributed by atoms with Crippen LogP contribution in [0.4, 0.5) is 10.5 Å². The number of hydrogen-bond acceptors (Lipinski definition) is 4. The molecule has 4 atom stereocenters. The molecule has 0 bridgehead atoms. The van der Waals surface area contributed by atoms with Crippen molar-refractivity contribution in [2.45, 2.75) is 84.1 Å². The van der Waals surface area contributed by atoms with Crippen LogP contribution in [0.2, 0.25) is 0 Å². The first-order valence-electron chi connectivity index (χ1n) is 12.2. The Bertz CT molecular complexity index is 953. The lowest BCUT2D eigenvalue weighted by Gasteiger charge is -2.35. The van der Waals surface area contributed by atoms with Gasteiger partial charge in [0.1, 0.15) is 5.60 Å². The monoisotopic (exact) mass is 466 g/mol. The molecule has 0 spiro atoms. The molecule has 6 nitrogen and oxygen atoms in total. The fraction of sp³-hybridized carbons (Fsp3) is 0.500. The van der Waals surface area contributed by atoms with Crippen LogP contribution >= 0.6 is 0 Å². The zero-order valence-electron chi connectivity index (χ0n) is 21.0. The summed E-state index contributed by atoms with van der Waals surface area (Å²) in [6.07, 6.45) is 1.74. The quantitative estimate of drug-likeness (QED) is 0.547. The molecule has 0 saturated carbocycles. The van der Waals surface area contributed by atoms with Crippen LogP contribution in [-0.2, 0) is 16.0 Å². The highest BCUT2D eigenvalue weighted by atomic mass is 16.6. The number of carbonyl (C=O) groups is 2. The van der Waals surface area contributed by atoms with Crippen LogP contribution in [0.15, 0.2) is 54.6 Å². The van der Waals surface area contributed by atoms with Gasteiger partial charge in [0.05, 0.1) is 12.1 Å². The van der Waals surface area contributed by atoms with Gasteiger partial charge in [0.15, 0.2) is 0 Å². The molecule has 0 aromatic heterocycles. The Labute approximate surface area is 203 Å². The summed E-state index contributed by atoms with van der Waals surface area (Å²) in [5, 5.41) is 14.1. The second kappa shape index (κ2) is 11.0. The third kappa shape index (κ3) is 6.60. The van der Waals surface area contributed by atoms with Gasteiger partial charge >= 0.3 is 6.09 Å². The number of anilines is 1. The lowest BCUT2D eigenvalue weighted by Crippen LogP contribution is -2.47. The summed E-state index contributed by atoms with van der Waals surface area (Å²) in [7, 11) is 0. The number of rotatable bonds is 7. The molecule has 2 N–H and O–H groups in total. The van der Waals surface area contributed by atoms with Gasteiger partial charge in [0.25, 0.3) is 0 Å². The second-order valence-electron chi connectivity index (χ2n) is 10.2. The molecule has 34 heavy (non-hydrogen) atoms. The number of aliphatic hydroxyl groups excluding tert-OH is 1. The molecule has 2 amide bonds. The summed E-state index contributed by atoms with van der Waals surface area (Å²) in [6, 6.07) is 16.8. The number of amides is 2. The molecule has 0 unspecified atom stereocenters.